The van der Waals surface area contributed by atoms with Gasteiger partial charge in [-0.05, 0) is 37.3 Å². The standard InChI is InChI=1S/C22H16F3NO4S/c1-12-18(26-30-21(12)13-2-4-15(5-3-13)22(23,24)25)11-31-16-6-7-17-14(8-20(27)28)10-29-19(17)9-16/h2-7,9-10H,8,11H2,1H3,(H,27,28). The maximum Gasteiger partial charge on any atom is 0.416 e. The van der Waals surface area contributed by atoms with Crippen LogP contribution in [0.2, 0.25) is 0 Å². The molecule has 0 amide bonds. The van der Waals surface area contributed by atoms with Gasteiger partial charge in [-0.1, -0.05) is 17.3 Å². The van der Waals surface area contributed by atoms with Crippen LogP contribution >= 0.6 is 11.8 Å². The molecule has 0 saturated carbocycles. The van der Waals surface area contributed by atoms with Crippen molar-refractivity contribution in [1.82, 2.24) is 5.16 Å². The molecule has 0 saturated heterocycles. The molecular formula is C22H16F3NO4S. The fourth-order valence-corrected chi connectivity index (χ4v) is 4.12. The molecule has 5 nitrogen and oxygen atoms in total. The van der Waals surface area contributed by atoms with E-state index >= 15 is 0 Å². The first-order valence-electron chi connectivity index (χ1n) is 9.20. The number of aromatic nitrogens is 1. The van der Waals surface area contributed by atoms with Crippen LogP contribution in [0.25, 0.3) is 22.3 Å². The number of hydrogen-bond donors (Lipinski definition) is 1. The molecule has 2 aromatic carbocycles. The molecule has 2 heterocycles. The molecule has 0 aliphatic rings. The van der Waals surface area contributed by atoms with Crippen molar-refractivity contribution in [2.24, 2.45) is 0 Å². The van der Waals surface area contributed by atoms with Gasteiger partial charge in [0, 0.05) is 32.7 Å². The summed E-state index contributed by atoms with van der Waals surface area (Å²) in [6.45, 7) is 1.81. The van der Waals surface area contributed by atoms with Crippen LogP contribution in [0, 0.1) is 6.92 Å². The maximum atomic E-state index is 12.8. The lowest BCUT2D eigenvalue weighted by molar-refractivity contribution is -0.138. The van der Waals surface area contributed by atoms with Gasteiger partial charge in [0.25, 0.3) is 0 Å². The van der Waals surface area contributed by atoms with Gasteiger partial charge in [-0.2, -0.15) is 13.2 Å². The Labute approximate surface area is 178 Å². The van der Waals surface area contributed by atoms with Crippen molar-refractivity contribution in [3.63, 3.8) is 0 Å². The molecule has 0 atom stereocenters. The number of carboxylic acid groups (broad SMARTS) is 1. The zero-order valence-corrected chi connectivity index (χ0v) is 17.0. The van der Waals surface area contributed by atoms with Gasteiger partial charge in [-0.25, -0.2) is 0 Å². The van der Waals surface area contributed by atoms with Crippen molar-refractivity contribution in [2.45, 2.75) is 30.2 Å². The van der Waals surface area contributed by atoms with E-state index in [-0.39, 0.29) is 6.42 Å². The number of nitrogens with zero attached hydrogens (tertiary/aromatic N) is 1. The number of carbonyl (C=O) groups is 1. The third-order valence-corrected chi connectivity index (χ3v) is 5.84. The molecule has 0 spiro atoms. The molecule has 4 aromatic rings. The lowest BCUT2D eigenvalue weighted by atomic mass is 10.1. The molecule has 0 radical (unpaired) electrons. The molecule has 9 heteroatoms. The Morgan fingerprint density at radius 2 is 1.90 bits per heavy atom. The molecule has 2 aromatic heterocycles. The summed E-state index contributed by atoms with van der Waals surface area (Å²) < 4.78 is 49.1. The van der Waals surface area contributed by atoms with Gasteiger partial charge in [0.1, 0.15) is 5.58 Å². The van der Waals surface area contributed by atoms with Crippen LogP contribution in [0.5, 0.6) is 0 Å². The van der Waals surface area contributed by atoms with E-state index in [9.17, 15) is 18.0 Å². The first kappa shape index (κ1) is 21.0. The quantitative estimate of drug-likeness (QED) is 0.348. The number of furan rings is 1. The highest BCUT2D eigenvalue weighted by Crippen LogP contribution is 2.34. The summed E-state index contributed by atoms with van der Waals surface area (Å²) in [7, 11) is 0. The Morgan fingerprint density at radius 1 is 1.16 bits per heavy atom. The van der Waals surface area contributed by atoms with Crippen LogP contribution in [0.4, 0.5) is 13.2 Å². The third kappa shape index (κ3) is 4.46. The van der Waals surface area contributed by atoms with Gasteiger partial charge in [-0.15, -0.1) is 11.8 Å². The van der Waals surface area contributed by atoms with Crippen LogP contribution in [0.15, 0.2) is 62.6 Å². The molecule has 31 heavy (non-hydrogen) atoms. The van der Waals surface area contributed by atoms with E-state index in [4.69, 9.17) is 14.0 Å². The van der Waals surface area contributed by atoms with E-state index in [1.54, 1.807) is 0 Å². The summed E-state index contributed by atoms with van der Waals surface area (Å²) in [5.41, 5.74) is 2.47. The van der Waals surface area contributed by atoms with Gasteiger partial charge >= 0.3 is 12.1 Å². The summed E-state index contributed by atoms with van der Waals surface area (Å²) in [6.07, 6.45) is -3.05. The van der Waals surface area contributed by atoms with Crippen LogP contribution in [0.1, 0.15) is 22.4 Å². The first-order valence-corrected chi connectivity index (χ1v) is 10.2. The molecule has 0 bridgehead atoms. The predicted octanol–water partition coefficient (Wildman–Crippen LogP) is 6.33. The Balaban J connectivity index is 1.48. The number of rotatable bonds is 6. The summed E-state index contributed by atoms with van der Waals surface area (Å²) in [5.74, 6) is 0.0000896. The van der Waals surface area contributed by atoms with Crippen molar-refractivity contribution in [2.75, 3.05) is 0 Å². The van der Waals surface area contributed by atoms with E-state index in [1.165, 1.54) is 30.2 Å². The van der Waals surface area contributed by atoms with E-state index in [0.717, 1.165) is 28.0 Å². The minimum Gasteiger partial charge on any atom is -0.481 e. The first-order chi connectivity index (χ1) is 14.7. The highest BCUT2D eigenvalue weighted by molar-refractivity contribution is 7.98. The van der Waals surface area contributed by atoms with E-state index in [1.807, 2.05) is 25.1 Å². The summed E-state index contributed by atoms with van der Waals surface area (Å²) in [4.78, 5) is 11.8. The van der Waals surface area contributed by atoms with Crippen molar-refractivity contribution in [3.05, 3.63) is 71.1 Å². The Hall–Kier alpha value is -3.20. The van der Waals surface area contributed by atoms with Crippen LogP contribution in [-0.4, -0.2) is 16.2 Å². The van der Waals surface area contributed by atoms with Crippen LogP contribution in [0.3, 0.4) is 0 Å². The highest BCUT2D eigenvalue weighted by Gasteiger charge is 2.30. The monoisotopic (exact) mass is 447 g/mol. The minimum absolute atomic E-state index is 0.107. The van der Waals surface area contributed by atoms with Crippen LogP contribution in [-0.2, 0) is 23.1 Å². The van der Waals surface area contributed by atoms with Gasteiger partial charge in [0.15, 0.2) is 5.76 Å². The van der Waals surface area contributed by atoms with Crippen molar-refractivity contribution in [1.29, 1.82) is 0 Å². The van der Waals surface area contributed by atoms with Crippen molar-refractivity contribution < 1.29 is 32.0 Å². The van der Waals surface area contributed by atoms with Crippen molar-refractivity contribution >= 4 is 28.7 Å². The summed E-state index contributed by atoms with van der Waals surface area (Å²) in [6, 6.07) is 10.3. The average Bonchev–Trinajstić information content (AvgIpc) is 3.28. The minimum atomic E-state index is -4.39. The Bertz CT molecular complexity index is 1240. The second kappa shape index (κ2) is 8.14. The number of alkyl halides is 3. The number of carboxylic acids is 1. The number of halogens is 3. The molecular weight excluding hydrogens is 431 g/mol. The van der Waals surface area contributed by atoms with E-state index in [0.29, 0.717) is 33.9 Å². The number of fused-ring (bicyclic) bond motifs is 1. The Morgan fingerprint density at radius 3 is 2.58 bits per heavy atom. The van der Waals surface area contributed by atoms with Gasteiger partial charge in [0.05, 0.1) is 23.9 Å². The number of aliphatic carboxylic acids is 1. The smallest absolute Gasteiger partial charge is 0.416 e. The average molecular weight is 447 g/mol. The molecule has 0 aliphatic heterocycles. The normalized spacial score (nSPS) is 11.9. The lowest BCUT2D eigenvalue weighted by Gasteiger charge is -2.06. The predicted molar refractivity (Wildman–Crippen MR) is 109 cm³/mol. The summed E-state index contributed by atoms with van der Waals surface area (Å²) >= 11 is 1.49. The fraction of sp³-hybridized carbons (Fsp3) is 0.182. The topological polar surface area (TPSA) is 76.5 Å². The second-order valence-corrected chi connectivity index (χ2v) is 7.99. The molecule has 0 aliphatic carbocycles. The van der Waals surface area contributed by atoms with Gasteiger partial charge in [-0.3, -0.25) is 4.79 Å². The van der Waals surface area contributed by atoms with Gasteiger partial charge in [0.2, 0.25) is 0 Å². The number of hydrogen-bond acceptors (Lipinski definition) is 5. The molecule has 4 rings (SSSR count). The fourth-order valence-electron chi connectivity index (χ4n) is 3.19. The van der Waals surface area contributed by atoms with Gasteiger partial charge < -0.3 is 14.0 Å². The maximum absolute atomic E-state index is 12.8. The largest absolute Gasteiger partial charge is 0.481 e. The molecule has 0 unspecified atom stereocenters. The second-order valence-electron chi connectivity index (χ2n) is 6.94. The summed E-state index contributed by atoms with van der Waals surface area (Å²) in [5, 5.41) is 13.8. The lowest BCUT2D eigenvalue weighted by Crippen LogP contribution is -2.03. The molecule has 0 fully saturated rings. The van der Waals surface area contributed by atoms with E-state index < -0.39 is 17.7 Å². The molecule has 160 valence electrons. The highest BCUT2D eigenvalue weighted by atomic mass is 32.2. The third-order valence-electron chi connectivity index (χ3n) is 4.84. The Kier molecular flexibility index (Phi) is 5.53. The zero-order chi connectivity index (χ0) is 22.2. The molecule has 1 N–H and O–H groups in total. The zero-order valence-electron chi connectivity index (χ0n) is 16.2. The number of benzene rings is 2. The van der Waals surface area contributed by atoms with Crippen LogP contribution < -0.4 is 0 Å². The SMILES string of the molecule is Cc1c(CSc2ccc3c(CC(=O)O)coc3c2)noc1-c1ccc(C(F)(F)F)cc1. The number of thioether (sulfide) groups is 1. The van der Waals surface area contributed by atoms with Crippen molar-refractivity contribution in [3.8, 4) is 11.3 Å². The van der Waals surface area contributed by atoms with E-state index in [2.05, 4.69) is 5.16 Å².